The van der Waals surface area contributed by atoms with Crippen LogP contribution in [0.5, 0.6) is 0 Å². The van der Waals surface area contributed by atoms with Gasteiger partial charge >= 0.3 is 6.18 Å². The van der Waals surface area contributed by atoms with Gasteiger partial charge in [0.2, 0.25) is 0 Å². The minimum absolute atomic E-state index is 0.0818. The quantitative estimate of drug-likeness (QED) is 0.837. The zero-order chi connectivity index (χ0) is 12.8. The van der Waals surface area contributed by atoms with Crippen molar-refractivity contribution < 1.29 is 23.0 Å². The molecule has 2 nitrogen and oxygen atoms in total. The highest BCUT2D eigenvalue weighted by molar-refractivity contribution is 5.08. The molecule has 17 heavy (non-hydrogen) atoms. The maximum atomic E-state index is 12.8. The van der Waals surface area contributed by atoms with Crippen LogP contribution >= 0.6 is 0 Å². The summed E-state index contributed by atoms with van der Waals surface area (Å²) in [5.41, 5.74) is -2.47. The van der Waals surface area contributed by atoms with Crippen molar-refractivity contribution in [2.24, 2.45) is 11.8 Å². The number of hydrogen-bond acceptors (Lipinski definition) is 2. The second-order valence-electron chi connectivity index (χ2n) is 5.45. The van der Waals surface area contributed by atoms with E-state index in [0.717, 1.165) is 6.42 Å². The smallest absolute Gasteiger partial charge is 0.380 e. The van der Waals surface area contributed by atoms with Crippen LogP contribution in [-0.2, 0) is 4.74 Å². The van der Waals surface area contributed by atoms with E-state index >= 15 is 0 Å². The lowest BCUT2D eigenvalue weighted by Gasteiger charge is -2.37. The van der Waals surface area contributed by atoms with E-state index in [0.29, 0.717) is 12.8 Å². The van der Waals surface area contributed by atoms with Crippen LogP contribution in [0.15, 0.2) is 0 Å². The molecule has 2 saturated carbocycles. The van der Waals surface area contributed by atoms with Crippen molar-refractivity contribution in [2.75, 3.05) is 0 Å². The van der Waals surface area contributed by atoms with Crippen LogP contribution < -0.4 is 0 Å². The molecule has 2 fully saturated rings. The lowest BCUT2D eigenvalue weighted by Crippen LogP contribution is -2.51. The second kappa shape index (κ2) is 4.12. The monoisotopic (exact) mass is 252 g/mol. The highest BCUT2D eigenvalue weighted by atomic mass is 19.4. The molecule has 100 valence electrons. The van der Waals surface area contributed by atoms with Gasteiger partial charge in [-0.2, -0.15) is 13.2 Å². The predicted octanol–water partition coefficient (Wildman–Crippen LogP) is 2.89. The van der Waals surface area contributed by atoms with Crippen molar-refractivity contribution in [3.05, 3.63) is 0 Å². The number of ether oxygens (including phenoxy) is 1. The fraction of sp³-hybridized carbons (Fsp3) is 1.00. The molecule has 1 N–H and O–H groups in total. The van der Waals surface area contributed by atoms with Gasteiger partial charge in [-0.25, -0.2) is 0 Å². The van der Waals surface area contributed by atoms with Gasteiger partial charge in [0.05, 0.1) is 12.2 Å². The van der Waals surface area contributed by atoms with Crippen LogP contribution in [-0.4, -0.2) is 29.1 Å². The summed E-state index contributed by atoms with van der Waals surface area (Å²) in [4.78, 5) is 0. The average molecular weight is 252 g/mol. The molecule has 0 aliphatic heterocycles. The van der Waals surface area contributed by atoms with Gasteiger partial charge in [0.15, 0.2) is 5.60 Å². The summed E-state index contributed by atoms with van der Waals surface area (Å²) in [6.07, 6.45) is -3.08. The van der Waals surface area contributed by atoms with Gasteiger partial charge in [0, 0.05) is 0 Å². The van der Waals surface area contributed by atoms with Gasteiger partial charge in [-0.05, 0) is 44.4 Å². The molecule has 0 saturated heterocycles. The first-order valence-corrected chi connectivity index (χ1v) is 6.22. The summed E-state index contributed by atoms with van der Waals surface area (Å²) in [5.74, 6) is -0.817. The molecule has 2 rings (SSSR count). The van der Waals surface area contributed by atoms with Crippen LogP contribution in [0.4, 0.5) is 13.2 Å². The van der Waals surface area contributed by atoms with Crippen LogP contribution in [0, 0.1) is 11.8 Å². The molecule has 0 aromatic carbocycles. The third-order valence-corrected chi connectivity index (χ3v) is 4.35. The van der Waals surface area contributed by atoms with E-state index in [-0.39, 0.29) is 24.5 Å². The maximum absolute atomic E-state index is 12.8. The lowest BCUT2D eigenvalue weighted by atomic mass is 9.82. The Morgan fingerprint density at radius 2 is 2.06 bits per heavy atom. The van der Waals surface area contributed by atoms with E-state index in [9.17, 15) is 18.3 Å². The van der Waals surface area contributed by atoms with Gasteiger partial charge in [0.25, 0.3) is 0 Å². The van der Waals surface area contributed by atoms with Crippen molar-refractivity contribution in [3.8, 4) is 0 Å². The Bertz CT molecular complexity index is 292. The number of aliphatic hydroxyl groups is 1. The van der Waals surface area contributed by atoms with Crippen molar-refractivity contribution >= 4 is 0 Å². The van der Waals surface area contributed by atoms with Crippen molar-refractivity contribution in [3.63, 3.8) is 0 Å². The summed E-state index contributed by atoms with van der Waals surface area (Å²) in [6.45, 7) is 3.92. The molecule has 0 aromatic heterocycles. The Morgan fingerprint density at radius 3 is 2.47 bits per heavy atom. The van der Waals surface area contributed by atoms with Crippen LogP contribution in [0.25, 0.3) is 0 Å². The number of halogens is 3. The van der Waals surface area contributed by atoms with Gasteiger partial charge in [-0.1, -0.05) is 6.92 Å². The van der Waals surface area contributed by atoms with Gasteiger partial charge < -0.3 is 9.84 Å². The first-order valence-electron chi connectivity index (χ1n) is 6.22. The van der Waals surface area contributed by atoms with Gasteiger partial charge in [-0.3, -0.25) is 0 Å². The summed E-state index contributed by atoms with van der Waals surface area (Å²) in [5, 5.41) is 9.75. The topological polar surface area (TPSA) is 29.5 Å². The number of rotatable bonds is 3. The van der Waals surface area contributed by atoms with E-state index in [2.05, 4.69) is 0 Å². The minimum atomic E-state index is -4.51. The Balaban J connectivity index is 2.01. The number of fused-ring (bicyclic) bond motifs is 2. The van der Waals surface area contributed by atoms with Gasteiger partial charge in [-0.15, -0.1) is 0 Å². The highest BCUT2D eigenvalue weighted by Gasteiger charge is 2.67. The Kier molecular flexibility index (Phi) is 3.19. The standard InChI is InChI=1S/C12H19F3O2/c1-3-7(2)17-10-5-9-4-8(10)6-11(9,16)12(13,14)15/h7-10,16H,3-6H2,1-2H3. The SMILES string of the molecule is CCC(C)OC1CC2CC1CC2(O)C(F)(F)F. The number of hydrogen-bond donors (Lipinski definition) is 1. The Morgan fingerprint density at radius 1 is 1.41 bits per heavy atom. The van der Waals surface area contributed by atoms with E-state index in [1.54, 1.807) is 0 Å². The summed E-state index contributed by atoms with van der Waals surface area (Å²) in [7, 11) is 0. The zero-order valence-electron chi connectivity index (χ0n) is 10.1. The third kappa shape index (κ3) is 2.08. The fourth-order valence-corrected chi connectivity index (χ4v) is 3.17. The predicted molar refractivity (Wildman–Crippen MR) is 56.5 cm³/mol. The van der Waals surface area contributed by atoms with Crippen molar-refractivity contribution in [1.82, 2.24) is 0 Å². The zero-order valence-corrected chi connectivity index (χ0v) is 10.1. The lowest BCUT2D eigenvalue weighted by molar-refractivity contribution is -0.282. The van der Waals surface area contributed by atoms with E-state index in [1.165, 1.54) is 0 Å². The normalized spacial score (nSPS) is 43.1. The molecule has 0 spiro atoms. The molecule has 5 unspecified atom stereocenters. The van der Waals surface area contributed by atoms with E-state index in [4.69, 9.17) is 4.74 Å². The fourth-order valence-electron chi connectivity index (χ4n) is 3.17. The molecule has 2 aliphatic rings. The highest BCUT2D eigenvalue weighted by Crippen LogP contribution is 2.57. The molecule has 2 bridgehead atoms. The van der Waals surface area contributed by atoms with Crippen LogP contribution in [0.1, 0.15) is 39.5 Å². The summed E-state index contributed by atoms with van der Waals surface area (Å²) < 4.78 is 44.0. The Labute approximate surface area is 99.1 Å². The first-order chi connectivity index (χ1) is 7.78. The van der Waals surface area contributed by atoms with Crippen LogP contribution in [0.3, 0.4) is 0 Å². The van der Waals surface area contributed by atoms with Gasteiger partial charge in [0.1, 0.15) is 0 Å². The molecule has 0 amide bonds. The summed E-state index contributed by atoms with van der Waals surface area (Å²) >= 11 is 0. The molecule has 5 atom stereocenters. The van der Waals surface area contributed by atoms with Crippen LogP contribution in [0.2, 0.25) is 0 Å². The molecule has 0 heterocycles. The summed E-state index contributed by atoms with van der Waals surface area (Å²) in [6, 6.07) is 0. The molecule has 0 aromatic rings. The van der Waals surface area contributed by atoms with Crippen molar-refractivity contribution in [1.29, 1.82) is 0 Å². The molecule has 5 heteroatoms. The molecule has 2 aliphatic carbocycles. The first kappa shape index (κ1) is 13.1. The number of alkyl halides is 3. The maximum Gasteiger partial charge on any atom is 0.417 e. The molecule has 0 radical (unpaired) electrons. The second-order valence-corrected chi connectivity index (χ2v) is 5.45. The third-order valence-electron chi connectivity index (χ3n) is 4.35. The Hall–Kier alpha value is -0.290. The van der Waals surface area contributed by atoms with E-state index < -0.39 is 17.7 Å². The molecular weight excluding hydrogens is 233 g/mol. The van der Waals surface area contributed by atoms with E-state index in [1.807, 2.05) is 13.8 Å². The minimum Gasteiger partial charge on any atom is -0.380 e. The van der Waals surface area contributed by atoms with Crippen molar-refractivity contribution in [2.45, 2.75) is 63.5 Å². The average Bonchev–Trinajstić information content (AvgIpc) is 2.73. The largest absolute Gasteiger partial charge is 0.417 e. The molecular formula is C12H19F3O2.